The van der Waals surface area contributed by atoms with Crippen LogP contribution in [0.15, 0.2) is 24.8 Å². The summed E-state index contributed by atoms with van der Waals surface area (Å²) in [7, 11) is 0. The van der Waals surface area contributed by atoms with Crippen molar-refractivity contribution < 1.29 is 4.79 Å². The van der Waals surface area contributed by atoms with Gasteiger partial charge in [0.05, 0.1) is 6.04 Å². The van der Waals surface area contributed by atoms with Crippen LogP contribution in [0.25, 0.3) is 0 Å². The van der Waals surface area contributed by atoms with Gasteiger partial charge in [-0.2, -0.15) is 0 Å². The molecule has 0 spiro atoms. The first-order chi connectivity index (χ1) is 11.1. The van der Waals surface area contributed by atoms with Crippen molar-refractivity contribution >= 4 is 11.7 Å². The van der Waals surface area contributed by atoms with Crippen LogP contribution >= 0.6 is 0 Å². The van der Waals surface area contributed by atoms with Gasteiger partial charge in [-0.05, 0) is 12.8 Å². The molecule has 7 heteroatoms. The van der Waals surface area contributed by atoms with Gasteiger partial charge in [-0.3, -0.25) is 4.79 Å². The molecule has 0 radical (unpaired) electrons. The van der Waals surface area contributed by atoms with Crippen LogP contribution in [-0.4, -0.2) is 43.4 Å². The molecule has 7 nitrogen and oxygen atoms in total. The SMILES string of the molecule is CC(C)c1nccn1C1CCCN(C(=O)c2nccnc2N)C1. The molecule has 2 aromatic rings. The van der Waals surface area contributed by atoms with Crippen molar-refractivity contribution in [2.45, 2.75) is 38.6 Å². The third kappa shape index (κ3) is 3.04. The van der Waals surface area contributed by atoms with Crippen LogP contribution in [0.5, 0.6) is 0 Å². The number of carbonyl (C=O) groups excluding carboxylic acids is 1. The lowest BCUT2D eigenvalue weighted by atomic mass is 10.0. The van der Waals surface area contributed by atoms with Crippen LogP contribution in [-0.2, 0) is 0 Å². The average Bonchev–Trinajstić information content (AvgIpc) is 3.05. The molecule has 1 fully saturated rings. The summed E-state index contributed by atoms with van der Waals surface area (Å²) in [6.45, 7) is 5.62. The van der Waals surface area contributed by atoms with Crippen molar-refractivity contribution in [3.8, 4) is 0 Å². The lowest BCUT2D eigenvalue weighted by molar-refractivity contribution is 0.0672. The van der Waals surface area contributed by atoms with E-state index in [0.29, 0.717) is 12.5 Å². The second kappa shape index (κ2) is 6.36. The Hall–Kier alpha value is -2.44. The normalized spacial score (nSPS) is 18.4. The number of imidazole rings is 1. The zero-order chi connectivity index (χ0) is 16.4. The van der Waals surface area contributed by atoms with E-state index in [1.807, 2.05) is 17.3 Å². The molecule has 0 aliphatic carbocycles. The summed E-state index contributed by atoms with van der Waals surface area (Å²) in [5, 5.41) is 0. The van der Waals surface area contributed by atoms with Crippen molar-refractivity contribution in [1.29, 1.82) is 0 Å². The number of piperidine rings is 1. The molecule has 2 N–H and O–H groups in total. The highest BCUT2D eigenvalue weighted by molar-refractivity contribution is 5.96. The number of hydrogen-bond acceptors (Lipinski definition) is 5. The van der Waals surface area contributed by atoms with Crippen LogP contribution in [0.2, 0.25) is 0 Å². The lowest BCUT2D eigenvalue weighted by Crippen LogP contribution is -2.41. The molecule has 1 amide bonds. The van der Waals surface area contributed by atoms with Crippen molar-refractivity contribution in [2.75, 3.05) is 18.8 Å². The van der Waals surface area contributed by atoms with E-state index in [1.165, 1.54) is 12.4 Å². The van der Waals surface area contributed by atoms with Crippen LogP contribution in [0.3, 0.4) is 0 Å². The van der Waals surface area contributed by atoms with Crippen molar-refractivity contribution in [3.63, 3.8) is 0 Å². The van der Waals surface area contributed by atoms with Gasteiger partial charge in [0.25, 0.3) is 5.91 Å². The first-order valence-corrected chi connectivity index (χ1v) is 7.96. The van der Waals surface area contributed by atoms with Gasteiger partial charge in [0.15, 0.2) is 11.5 Å². The van der Waals surface area contributed by atoms with E-state index in [1.54, 1.807) is 0 Å². The Morgan fingerprint density at radius 1 is 1.26 bits per heavy atom. The lowest BCUT2D eigenvalue weighted by Gasteiger charge is -2.34. The fraction of sp³-hybridized carbons (Fsp3) is 0.500. The number of rotatable bonds is 3. The fourth-order valence-corrected chi connectivity index (χ4v) is 3.11. The minimum atomic E-state index is -0.147. The Morgan fingerprint density at radius 2 is 2.04 bits per heavy atom. The molecule has 3 rings (SSSR count). The third-order valence-electron chi connectivity index (χ3n) is 4.22. The predicted octanol–water partition coefficient (Wildman–Crippen LogP) is 1.86. The molecule has 2 aromatic heterocycles. The molecule has 3 heterocycles. The smallest absolute Gasteiger partial charge is 0.276 e. The summed E-state index contributed by atoms with van der Waals surface area (Å²) >= 11 is 0. The topological polar surface area (TPSA) is 89.9 Å². The van der Waals surface area contributed by atoms with Crippen molar-refractivity contribution in [2.24, 2.45) is 0 Å². The molecule has 1 aliphatic heterocycles. The molecule has 122 valence electrons. The van der Waals surface area contributed by atoms with E-state index in [0.717, 1.165) is 25.2 Å². The molecular weight excluding hydrogens is 292 g/mol. The van der Waals surface area contributed by atoms with Crippen LogP contribution in [0.1, 0.15) is 55.0 Å². The summed E-state index contributed by atoms with van der Waals surface area (Å²) in [6, 6.07) is 0.241. The van der Waals surface area contributed by atoms with Gasteiger partial charge in [-0.25, -0.2) is 15.0 Å². The molecular formula is C16H22N6O. The summed E-state index contributed by atoms with van der Waals surface area (Å²) in [5.41, 5.74) is 6.02. The Bertz CT molecular complexity index is 695. The Balaban J connectivity index is 1.80. The Kier molecular flexibility index (Phi) is 4.27. The number of carbonyl (C=O) groups is 1. The highest BCUT2D eigenvalue weighted by atomic mass is 16.2. The van der Waals surface area contributed by atoms with Crippen LogP contribution < -0.4 is 5.73 Å². The zero-order valence-electron chi connectivity index (χ0n) is 13.5. The molecule has 23 heavy (non-hydrogen) atoms. The Labute approximate surface area is 135 Å². The van der Waals surface area contributed by atoms with Gasteiger partial charge in [-0.1, -0.05) is 13.8 Å². The van der Waals surface area contributed by atoms with Crippen molar-refractivity contribution in [3.05, 3.63) is 36.3 Å². The monoisotopic (exact) mass is 314 g/mol. The molecule has 1 aliphatic rings. The first-order valence-electron chi connectivity index (χ1n) is 7.96. The van der Waals surface area contributed by atoms with Gasteiger partial charge in [0.2, 0.25) is 0 Å². The summed E-state index contributed by atoms with van der Waals surface area (Å²) < 4.78 is 2.20. The molecule has 1 unspecified atom stereocenters. The average molecular weight is 314 g/mol. The maximum absolute atomic E-state index is 12.7. The van der Waals surface area contributed by atoms with E-state index in [-0.39, 0.29) is 23.5 Å². The van der Waals surface area contributed by atoms with E-state index < -0.39 is 0 Å². The highest BCUT2D eigenvalue weighted by Gasteiger charge is 2.28. The number of hydrogen-bond donors (Lipinski definition) is 1. The van der Waals surface area contributed by atoms with Crippen molar-refractivity contribution in [1.82, 2.24) is 24.4 Å². The summed E-state index contributed by atoms with van der Waals surface area (Å²) in [4.78, 5) is 27.0. The zero-order valence-corrected chi connectivity index (χ0v) is 13.5. The first kappa shape index (κ1) is 15.5. The second-order valence-corrected chi connectivity index (χ2v) is 6.18. The van der Waals surface area contributed by atoms with Gasteiger partial charge >= 0.3 is 0 Å². The molecule has 0 bridgehead atoms. The predicted molar refractivity (Wildman–Crippen MR) is 86.9 cm³/mol. The van der Waals surface area contributed by atoms with Gasteiger partial charge in [-0.15, -0.1) is 0 Å². The third-order valence-corrected chi connectivity index (χ3v) is 4.22. The second-order valence-electron chi connectivity index (χ2n) is 6.18. The van der Waals surface area contributed by atoms with E-state index in [9.17, 15) is 4.79 Å². The molecule has 1 saturated heterocycles. The minimum Gasteiger partial charge on any atom is -0.382 e. The standard InChI is InChI=1S/C16H22N6O/c1-11(2)15-20-7-9-22(15)12-4-3-8-21(10-12)16(23)13-14(17)19-6-5-18-13/h5-7,9,11-12H,3-4,8,10H2,1-2H3,(H2,17,19). The maximum atomic E-state index is 12.7. The number of aromatic nitrogens is 4. The quantitative estimate of drug-likeness (QED) is 0.934. The van der Waals surface area contributed by atoms with Gasteiger partial charge < -0.3 is 15.2 Å². The van der Waals surface area contributed by atoms with Gasteiger partial charge in [0, 0.05) is 43.8 Å². The van der Waals surface area contributed by atoms with E-state index in [2.05, 4.69) is 33.4 Å². The highest BCUT2D eigenvalue weighted by Crippen LogP contribution is 2.26. The summed E-state index contributed by atoms with van der Waals surface area (Å²) in [6.07, 6.45) is 8.81. The number of likely N-dealkylation sites (tertiary alicyclic amines) is 1. The number of nitrogens with two attached hydrogens (primary N) is 1. The number of amides is 1. The van der Waals surface area contributed by atoms with E-state index >= 15 is 0 Å². The number of nitrogen functional groups attached to an aromatic ring is 1. The summed E-state index contributed by atoms with van der Waals surface area (Å²) in [5.74, 6) is 1.45. The largest absolute Gasteiger partial charge is 0.382 e. The maximum Gasteiger partial charge on any atom is 0.276 e. The van der Waals surface area contributed by atoms with E-state index in [4.69, 9.17) is 5.73 Å². The molecule has 0 aromatic carbocycles. The van der Waals surface area contributed by atoms with Crippen LogP contribution in [0.4, 0.5) is 5.82 Å². The Morgan fingerprint density at radius 3 is 2.78 bits per heavy atom. The molecule has 0 saturated carbocycles. The number of nitrogens with zero attached hydrogens (tertiary/aromatic N) is 5. The minimum absolute atomic E-state index is 0.147. The molecule has 1 atom stereocenters. The number of anilines is 1. The van der Waals surface area contributed by atoms with Gasteiger partial charge in [0.1, 0.15) is 5.82 Å². The van der Waals surface area contributed by atoms with Crippen LogP contribution in [0, 0.1) is 0 Å². The fourth-order valence-electron chi connectivity index (χ4n) is 3.11.